The second kappa shape index (κ2) is 5.07. The minimum absolute atomic E-state index is 0.334. The number of aromatic nitrogens is 1. The number of anilines is 1. The van der Waals surface area contributed by atoms with Crippen molar-refractivity contribution in [2.24, 2.45) is 5.92 Å². The Hall–Kier alpha value is -1.43. The molecule has 0 bridgehead atoms. The number of hydrogen-bond donors (Lipinski definition) is 1. The van der Waals surface area contributed by atoms with Crippen LogP contribution < -0.4 is 5.73 Å². The lowest BCUT2D eigenvalue weighted by Crippen LogP contribution is -2.12. The molecule has 0 fully saturated rings. The van der Waals surface area contributed by atoms with Gasteiger partial charge in [-0.1, -0.05) is 20.8 Å². The average Bonchev–Trinajstić information content (AvgIpc) is 2.54. The highest BCUT2D eigenvalue weighted by Crippen LogP contribution is 2.26. The molecule has 2 N–H and O–H groups in total. The van der Waals surface area contributed by atoms with Crippen molar-refractivity contribution in [3.8, 4) is 6.07 Å². The standard InChI is InChI=1S/C13H21N3/c1-5-10(4)16-11(8-14)7-12(15)13(16)6-9(2)3/h7,9-10H,5-6,15H2,1-4H3/t10-/m0/s1. The fourth-order valence-electron chi connectivity index (χ4n) is 1.96. The second-order valence-corrected chi connectivity index (χ2v) is 4.77. The SMILES string of the molecule is CC[C@H](C)n1c(C#N)cc(N)c1CC(C)C. The van der Waals surface area contributed by atoms with Crippen LogP contribution in [0.4, 0.5) is 5.69 Å². The van der Waals surface area contributed by atoms with Crippen LogP contribution in [0.5, 0.6) is 0 Å². The fourth-order valence-corrected chi connectivity index (χ4v) is 1.96. The predicted octanol–water partition coefficient (Wildman–Crippen LogP) is 3.11. The molecule has 3 nitrogen and oxygen atoms in total. The molecule has 0 aromatic carbocycles. The molecule has 0 amide bonds. The predicted molar refractivity (Wildman–Crippen MR) is 67.1 cm³/mol. The Bertz CT molecular complexity index is 396. The molecule has 0 spiro atoms. The summed E-state index contributed by atoms with van der Waals surface area (Å²) in [5, 5.41) is 9.11. The number of nitrogens with two attached hydrogens (primary N) is 1. The average molecular weight is 219 g/mol. The van der Waals surface area contributed by atoms with Crippen LogP contribution in [0, 0.1) is 17.2 Å². The molecule has 0 saturated carbocycles. The van der Waals surface area contributed by atoms with Crippen LogP contribution in [0.15, 0.2) is 6.07 Å². The van der Waals surface area contributed by atoms with Crippen molar-refractivity contribution in [2.45, 2.75) is 46.6 Å². The van der Waals surface area contributed by atoms with Gasteiger partial charge in [-0.05, 0) is 31.7 Å². The summed E-state index contributed by atoms with van der Waals surface area (Å²) in [6.07, 6.45) is 1.94. The van der Waals surface area contributed by atoms with Gasteiger partial charge in [0, 0.05) is 11.7 Å². The summed E-state index contributed by atoms with van der Waals surface area (Å²) >= 11 is 0. The molecule has 1 rings (SSSR count). The van der Waals surface area contributed by atoms with Crippen LogP contribution in [-0.2, 0) is 6.42 Å². The number of nitrogen functional groups attached to an aromatic ring is 1. The normalized spacial score (nSPS) is 12.8. The van der Waals surface area contributed by atoms with Crippen molar-refractivity contribution < 1.29 is 0 Å². The van der Waals surface area contributed by atoms with Gasteiger partial charge in [-0.25, -0.2) is 0 Å². The van der Waals surface area contributed by atoms with Gasteiger partial charge in [0.15, 0.2) is 0 Å². The van der Waals surface area contributed by atoms with Crippen molar-refractivity contribution in [2.75, 3.05) is 5.73 Å². The van der Waals surface area contributed by atoms with Crippen LogP contribution in [0.2, 0.25) is 0 Å². The molecule has 1 aromatic heterocycles. The lowest BCUT2D eigenvalue weighted by Gasteiger charge is -2.18. The molecular weight excluding hydrogens is 198 g/mol. The third-order valence-corrected chi connectivity index (χ3v) is 2.92. The summed E-state index contributed by atoms with van der Waals surface area (Å²) in [7, 11) is 0. The summed E-state index contributed by atoms with van der Waals surface area (Å²) in [6.45, 7) is 8.59. The summed E-state index contributed by atoms with van der Waals surface area (Å²) in [5.41, 5.74) is 8.54. The molecule has 3 heteroatoms. The van der Waals surface area contributed by atoms with Gasteiger partial charge in [0.05, 0.1) is 5.69 Å². The maximum atomic E-state index is 9.11. The molecule has 16 heavy (non-hydrogen) atoms. The van der Waals surface area contributed by atoms with E-state index in [0.29, 0.717) is 17.7 Å². The largest absolute Gasteiger partial charge is 0.397 e. The Labute approximate surface area is 97.9 Å². The maximum Gasteiger partial charge on any atom is 0.122 e. The summed E-state index contributed by atoms with van der Waals surface area (Å²) in [4.78, 5) is 0. The van der Waals surface area contributed by atoms with Crippen molar-refractivity contribution in [1.82, 2.24) is 4.57 Å². The zero-order valence-corrected chi connectivity index (χ0v) is 10.6. The van der Waals surface area contributed by atoms with E-state index in [1.807, 2.05) is 0 Å². The zero-order chi connectivity index (χ0) is 12.3. The first kappa shape index (κ1) is 12.6. The van der Waals surface area contributed by atoms with Crippen molar-refractivity contribution in [3.63, 3.8) is 0 Å². The first-order chi connectivity index (χ1) is 7.51. The highest BCUT2D eigenvalue weighted by Gasteiger charge is 2.17. The molecule has 0 radical (unpaired) electrons. The van der Waals surface area contributed by atoms with Gasteiger partial charge >= 0.3 is 0 Å². The minimum Gasteiger partial charge on any atom is -0.397 e. The lowest BCUT2D eigenvalue weighted by molar-refractivity contribution is 0.493. The van der Waals surface area contributed by atoms with E-state index in [9.17, 15) is 0 Å². The van der Waals surface area contributed by atoms with E-state index < -0.39 is 0 Å². The molecule has 0 aliphatic carbocycles. The highest BCUT2D eigenvalue weighted by atomic mass is 15.0. The quantitative estimate of drug-likeness (QED) is 0.846. The van der Waals surface area contributed by atoms with Crippen LogP contribution in [0.1, 0.15) is 51.5 Å². The van der Waals surface area contributed by atoms with Crippen LogP contribution in [0.3, 0.4) is 0 Å². The maximum absolute atomic E-state index is 9.11. The number of rotatable bonds is 4. The number of nitrogens with zero attached hydrogens (tertiary/aromatic N) is 2. The van der Waals surface area contributed by atoms with E-state index in [-0.39, 0.29) is 0 Å². The minimum atomic E-state index is 0.334. The van der Waals surface area contributed by atoms with E-state index in [4.69, 9.17) is 11.0 Å². The van der Waals surface area contributed by atoms with E-state index in [1.54, 1.807) is 6.07 Å². The summed E-state index contributed by atoms with van der Waals surface area (Å²) in [6, 6.07) is 4.36. The number of hydrogen-bond acceptors (Lipinski definition) is 2. The molecule has 88 valence electrons. The molecule has 1 atom stereocenters. The van der Waals surface area contributed by atoms with Gasteiger partial charge in [0.1, 0.15) is 11.8 Å². The second-order valence-electron chi connectivity index (χ2n) is 4.77. The van der Waals surface area contributed by atoms with E-state index >= 15 is 0 Å². The zero-order valence-electron chi connectivity index (χ0n) is 10.6. The van der Waals surface area contributed by atoms with Crippen LogP contribution in [0.25, 0.3) is 0 Å². The van der Waals surface area contributed by atoms with Crippen LogP contribution >= 0.6 is 0 Å². The summed E-state index contributed by atoms with van der Waals surface area (Å²) in [5.74, 6) is 0.548. The highest BCUT2D eigenvalue weighted by molar-refractivity contribution is 5.51. The third kappa shape index (κ3) is 2.38. The molecular formula is C13H21N3. The van der Waals surface area contributed by atoms with Gasteiger partial charge in [0.2, 0.25) is 0 Å². The van der Waals surface area contributed by atoms with E-state index in [1.165, 1.54) is 0 Å². The third-order valence-electron chi connectivity index (χ3n) is 2.92. The molecule has 0 saturated heterocycles. The Balaban J connectivity index is 3.24. The van der Waals surface area contributed by atoms with Gasteiger partial charge < -0.3 is 10.3 Å². The first-order valence-corrected chi connectivity index (χ1v) is 5.90. The van der Waals surface area contributed by atoms with Gasteiger partial charge in [-0.15, -0.1) is 0 Å². The van der Waals surface area contributed by atoms with Gasteiger partial charge in [-0.3, -0.25) is 0 Å². The van der Waals surface area contributed by atoms with Crippen molar-refractivity contribution in [3.05, 3.63) is 17.5 Å². The molecule has 1 aromatic rings. The fraction of sp³-hybridized carbons (Fsp3) is 0.615. The molecule has 0 aliphatic heterocycles. The molecule has 1 heterocycles. The Kier molecular flexibility index (Phi) is 4.00. The van der Waals surface area contributed by atoms with Gasteiger partial charge in [-0.2, -0.15) is 5.26 Å². The topological polar surface area (TPSA) is 54.7 Å². The van der Waals surface area contributed by atoms with Crippen molar-refractivity contribution in [1.29, 1.82) is 5.26 Å². The monoisotopic (exact) mass is 219 g/mol. The Morgan fingerprint density at radius 1 is 1.44 bits per heavy atom. The van der Waals surface area contributed by atoms with Gasteiger partial charge in [0.25, 0.3) is 0 Å². The first-order valence-electron chi connectivity index (χ1n) is 5.90. The van der Waals surface area contributed by atoms with E-state index in [2.05, 4.69) is 38.3 Å². The smallest absolute Gasteiger partial charge is 0.122 e. The van der Waals surface area contributed by atoms with Crippen LogP contribution in [-0.4, -0.2) is 4.57 Å². The lowest BCUT2D eigenvalue weighted by atomic mass is 10.1. The van der Waals surface area contributed by atoms with Crippen molar-refractivity contribution >= 4 is 5.69 Å². The Morgan fingerprint density at radius 3 is 2.50 bits per heavy atom. The molecule has 0 aliphatic rings. The number of nitriles is 1. The Morgan fingerprint density at radius 2 is 2.06 bits per heavy atom. The molecule has 0 unspecified atom stereocenters. The van der Waals surface area contributed by atoms with E-state index in [0.717, 1.165) is 24.2 Å². The summed E-state index contributed by atoms with van der Waals surface area (Å²) < 4.78 is 2.09.